The molecule has 0 bridgehead atoms. The van der Waals surface area contributed by atoms with E-state index < -0.39 is 11.6 Å². The maximum atomic E-state index is 13.5. The second-order valence-corrected chi connectivity index (χ2v) is 4.71. The summed E-state index contributed by atoms with van der Waals surface area (Å²) in [5, 5.41) is 7.50. The monoisotopic (exact) mass is 299 g/mol. The maximum Gasteiger partial charge on any atom is 0.279 e. The Morgan fingerprint density at radius 2 is 1.73 bits per heavy atom. The Bertz CT molecular complexity index is 795. The third kappa shape index (κ3) is 2.28. The lowest BCUT2D eigenvalue weighted by Gasteiger charge is -2.07. The molecule has 0 fully saturated rings. The molecule has 0 aliphatic carbocycles. The molecule has 0 radical (unpaired) electrons. The smallest absolute Gasteiger partial charge is 0.279 e. The number of rotatable bonds is 2. The molecule has 0 aromatic heterocycles. The summed E-state index contributed by atoms with van der Waals surface area (Å²) in [4.78, 5) is 13.6. The number of carbonyl (C=O) groups is 1. The number of hydrogen-bond donors (Lipinski definition) is 0. The van der Waals surface area contributed by atoms with Gasteiger partial charge in [0.15, 0.2) is 5.71 Å². The van der Waals surface area contributed by atoms with Crippen LogP contribution in [0.1, 0.15) is 11.1 Å². The van der Waals surface area contributed by atoms with Gasteiger partial charge < -0.3 is 4.90 Å². The first-order chi connectivity index (χ1) is 10.6. The van der Waals surface area contributed by atoms with E-state index in [4.69, 9.17) is 0 Å². The quantitative estimate of drug-likeness (QED) is 0.621. The van der Waals surface area contributed by atoms with Gasteiger partial charge in [-0.1, -0.05) is 24.3 Å². The fraction of sp³-hybridized carbons (Fsp3) is 0.0625. The number of fused-ring (bicyclic) bond motifs is 1. The number of anilines is 1. The molecule has 110 valence electrons. The zero-order valence-corrected chi connectivity index (χ0v) is 11.6. The topological polar surface area (TPSA) is 45.0 Å². The van der Waals surface area contributed by atoms with Crippen molar-refractivity contribution >= 4 is 23.5 Å². The van der Waals surface area contributed by atoms with Gasteiger partial charge in [-0.25, -0.2) is 8.78 Å². The standard InChI is InChI=1S/C16H11F2N3O/c1-21-14-8-3-2-5-10(14)15(16(21)22)20-19-9-11-12(17)6-4-7-13(11)18/h2-9H,1H3/b19-9-,20-15+. The van der Waals surface area contributed by atoms with Crippen LogP contribution in [0.2, 0.25) is 0 Å². The van der Waals surface area contributed by atoms with Crippen molar-refractivity contribution in [3.8, 4) is 0 Å². The van der Waals surface area contributed by atoms with Crippen molar-refractivity contribution in [2.75, 3.05) is 11.9 Å². The first kappa shape index (κ1) is 14.1. The van der Waals surface area contributed by atoms with Crippen LogP contribution in [0.3, 0.4) is 0 Å². The molecule has 3 rings (SSSR count). The SMILES string of the molecule is CN1C(=O)/C(=N/N=C\c2c(F)cccc2F)c2ccccc21. The first-order valence-corrected chi connectivity index (χ1v) is 6.52. The van der Waals surface area contributed by atoms with Crippen molar-refractivity contribution in [2.24, 2.45) is 10.2 Å². The van der Waals surface area contributed by atoms with Crippen LogP contribution in [0.4, 0.5) is 14.5 Å². The van der Waals surface area contributed by atoms with E-state index in [1.807, 2.05) is 6.07 Å². The zero-order valence-electron chi connectivity index (χ0n) is 11.6. The summed E-state index contributed by atoms with van der Waals surface area (Å²) in [7, 11) is 1.63. The zero-order chi connectivity index (χ0) is 15.7. The number of carbonyl (C=O) groups excluding carboxylic acids is 1. The third-order valence-corrected chi connectivity index (χ3v) is 3.37. The number of amides is 1. The number of nitrogens with zero attached hydrogens (tertiary/aromatic N) is 3. The van der Waals surface area contributed by atoms with Gasteiger partial charge in [-0.2, -0.15) is 5.10 Å². The fourth-order valence-corrected chi connectivity index (χ4v) is 2.22. The van der Waals surface area contributed by atoms with Crippen molar-refractivity contribution in [1.29, 1.82) is 0 Å². The van der Waals surface area contributed by atoms with Crippen LogP contribution >= 0.6 is 0 Å². The average Bonchev–Trinajstić information content (AvgIpc) is 2.75. The van der Waals surface area contributed by atoms with Crippen LogP contribution in [0, 0.1) is 11.6 Å². The van der Waals surface area contributed by atoms with E-state index in [-0.39, 0.29) is 17.2 Å². The van der Waals surface area contributed by atoms with E-state index in [0.717, 1.165) is 24.0 Å². The number of likely N-dealkylation sites (N-methyl/N-ethyl adjacent to an activating group) is 1. The van der Waals surface area contributed by atoms with E-state index in [9.17, 15) is 13.6 Å². The van der Waals surface area contributed by atoms with Crippen molar-refractivity contribution in [3.05, 3.63) is 65.2 Å². The molecular formula is C16H11F2N3O. The van der Waals surface area contributed by atoms with Crippen molar-refractivity contribution in [2.45, 2.75) is 0 Å². The van der Waals surface area contributed by atoms with E-state index in [2.05, 4.69) is 10.2 Å². The van der Waals surface area contributed by atoms with Gasteiger partial charge in [0, 0.05) is 12.6 Å². The average molecular weight is 299 g/mol. The van der Waals surface area contributed by atoms with Gasteiger partial charge in [0.25, 0.3) is 5.91 Å². The molecule has 0 spiro atoms. The molecule has 1 aliphatic heterocycles. The van der Waals surface area contributed by atoms with E-state index in [1.165, 1.54) is 11.0 Å². The molecule has 0 atom stereocenters. The highest BCUT2D eigenvalue weighted by Gasteiger charge is 2.30. The highest BCUT2D eigenvalue weighted by molar-refractivity contribution is 6.54. The van der Waals surface area contributed by atoms with Crippen LogP contribution in [-0.4, -0.2) is 24.9 Å². The highest BCUT2D eigenvalue weighted by Crippen LogP contribution is 2.27. The minimum atomic E-state index is -0.737. The lowest BCUT2D eigenvalue weighted by atomic mass is 10.1. The summed E-state index contributed by atoms with van der Waals surface area (Å²) in [6, 6.07) is 10.6. The maximum absolute atomic E-state index is 13.5. The molecule has 2 aromatic rings. The number of para-hydroxylation sites is 1. The number of halogens is 2. The van der Waals surface area contributed by atoms with Crippen LogP contribution in [-0.2, 0) is 4.79 Å². The molecular weight excluding hydrogens is 288 g/mol. The van der Waals surface area contributed by atoms with E-state index >= 15 is 0 Å². The molecule has 0 N–H and O–H groups in total. The molecule has 1 aliphatic rings. The highest BCUT2D eigenvalue weighted by atomic mass is 19.1. The first-order valence-electron chi connectivity index (χ1n) is 6.52. The molecule has 2 aromatic carbocycles. The Kier molecular flexibility index (Phi) is 3.50. The minimum Gasteiger partial charge on any atom is -0.309 e. The van der Waals surface area contributed by atoms with Gasteiger partial charge in [0.2, 0.25) is 0 Å². The number of benzene rings is 2. The van der Waals surface area contributed by atoms with Crippen molar-refractivity contribution < 1.29 is 13.6 Å². The molecule has 22 heavy (non-hydrogen) atoms. The van der Waals surface area contributed by atoms with Crippen LogP contribution < -0.4 is 4.90 Å². The van der Waals surface area contributed by atoms with Gasteiger partial charge in [-0.15, -0.1) is 5.10 Å². The molecule has 1 heterocycles. The Morgan fingerprint density at radius 3 is 2.45 bits per heavy atom. The van der Waals surface area contributed by atoms with Crippen LogP contribution in [0.15, 0.2) is 52.7 Å². The fourth-order valence-electron chi connectivity index (χ4n) is 2.22. The van der Waals surface area contributed by atoms with Gasteiger partial charge in [0.05, 0.1) is 17.5 Å². The Hall–Kier alpha value is -2.89. The predicted octanol–water partition coefficient (Wildman–Crippen LogP) is 2.76. The second-order valence-electron chi connectivity index (χ2n) is 4.71. The molecule has 4 nitrogen and oxygen atoms in total. The molecule has 0 saturated heterocycles. The molecule has 0 saturated carbocycles. The summed E-state index contributed by atoms with van der Waals surface area (Å²) < 4.78 is 26.9. The molecule has 6 heteroatoms. The van der Waals surface area contributed by atoms with Crippen LogP contribution in [0.25, 0.3) is 0 Å². The Balaban J connectivity index is 1.97. The summed E-state index contributed by atoms with van der Waals surface area (Å²) in [5.74, 6) is -1.79. The predicted molar refractivity (Wildman–Crippen MR) is 80.3 cm³/mol. The van der Waals surface area contributed by atoms with Crippen molar-refractivity contribution in [3.63, 3.8) is 0 Å². The van der Waals surface area contributed by atoms with Crippen molar-refractivity contribution in [1.82, 2.24) is 0 Å². The summed E-state index contributed by atoms with van der Waals surface area (Å²) >= 11 is 0. The second kappa shape index (κ2) is 5.48. The van der Waals surface area contributed by atoms with Gasteiger partial charge in [-0.3, -0.25) is 4.79 Å². The van der Waals surface area contributed by atoms with Gasteiger partial charge >= 0.3 is 0 Å². The van der Waals surface area contributed by atoms with Gasteiger partial charge in [0.1, 0.15) is 11.6 Å². The summed E-state index contributed by atoms with van der Waals surface area (Å²) in [5.41, 5.74) is 1.21. The normalized spacial score (nSPS) is 15.9. The van der Waals surface area contributed by atoms with E-state index in [0.29, 0.717) is 5.56 Å². The largest absolute Gasteiger partial charge is 0.309 e. The lowest BCUT2D eigenvalue weighted by Crippen LogP contribution is -2.25. The summed E-state index contributed by atoms with van der Waals surface area (Å²) in [6.07, 6.45) is 0.964. The molecule has 0 unspecified atom stereocenters. The minimum absolute atomic E-state index is 0.145. The summed E-state index contributed by atoms with van der Waals surface area (Å²) in [6.45, 7) is 0. The third-order valence-electron chi connectivity index (χ3n) is 3.37. The molecule has 1 amide bonds. The Morgan fingerprint density at radius 1 is 1.05 bits per heavy atom. The van der Waals surface area contributed by atoms with Crippen LogP contribution in [0.5, 0.6) is 0 Å². The van der Waals surface area contributed by atoms with E-state index in [1.54, 1.807) is 25.2 Å². The number of hydrogen-bond acceptors (Lipinski definition) is 3. The van der Waals surface area contributed by atoms with Gasteiger partial charge in [-0.05, 0) is 18.2 Å². The lowest BCUT2D eigenvalue weighted by molar-refractivity contribution is -0.111. The Labute approximate surface area is 125 Å².